The Labute approximate surface area is 132 Å². The number of carbonyl (C=O) groups is 1. The number of nitrogens with zero attached hydrogens (tertiary/aromatic N) is 2. The van der Waals surface area contributed by atoms with Gasteiger partial charge in [0.25, 0.3) is 5.91 Å². The summed E-state index contributed by atoms with van der Waals surface area (Å²) < 4.78 is 0. The average Bonchev–Trinajstić information content (AvgIpc) is 3.07. The third kappa shape index (κ3) is 3.56. The lowest BCUT2D eigenvalue weighted by molar-refractivity contribution is 0.0950. The van der Waals surface area contributed by atoms with E-state index in [-0.39, 0.29) is 5.91 Å². The molecule has 0 atom stereocenters. The molecule has 0 unspecified atom stereocenters. The maximum Gasteiger partial charge on any atom is 0.270 e. The van der Waals surface area contributed by atoms with Crippen LogP contribution in [0, 0.1) is 0 Å². The number of hydrogen-bond donors (Lipinski definition) is 1. The van der Waals surface area contributed by atoms with E-state index in [0.717, 1.165) is 17.1 Å². The fourth-order valence-electron chi connectivity index (χ4n) is 2.04. The van der Waals surface area contributed by atoms with E-state index in [0.29, 0.717) is 12.2 Å². The van der Waals surface area contributed by atoms with Crippen molar-refractivity contribution in [2.75, 3.05) is 6.54 Å². The quantitative estimate of drug-likeness (QED) is 0.787. The Balaban J connectivity index is 1.58. The molecule has 0 fully saturated rings. The van der Waals surface area contributed by atoms with Crippen LogP contribution in [0.3, 0.4) is 0 Å². The number of aromatic nitrogens is 2. The van der Waals surface area contributed by atoms with E-state index in [4.69, 9.17) is 0 Å². The van der Waals surface area contributed by atoms with Crippen molar-refractivity contribution < 1.29 is 4.79 Å². The van der Waals surface area contributed by atoms with E-state index < -0.39 is 0 Å². The van der Waals surface area contributed by atoms with Crippen LogP contribution in [-0.4, -0.2) is 22.4 Å². The minimum Gasteiger partial charge on any atom is -0.350 e. The molecule has 0 spiro atoms. The molecular weight excluding hydrogens is 294 g/mol. The van der Waals surface area contributed by atoms with Gasteiger partial charge in [-0.15, -0.1) is 11.3 Å². The van der Waals surface area contributed by atoms with Crippen LogP contribution < -0.4 is 5.32 Å². The van der Waals surface area contributed by atoms with E-state index in [9.17, 15) is 4.79 Å². The van der Waals surface area contributed by atoms with E-state index in [1.165, 1.54) is 16.9 Å². The molecule has 1 aromatic carbocycles. The zero-order valence-electron chi connectivity index (χ0n) is 11.9. The topological polar surface area (TPSA) is 54.9 Å². The number of benzene rings is 1. The Bertz CT molecular complexity index is 741. The molecule has 22 heavy (non-hydrogen) atoms. The molecule has 4 nitrogen and oxygen atoms in total. The van der Waals surface area contributed by atoms with Gasteiger partial charge in [0.2, 0.25) is 0 Å². The van der Waals surface area contributed by atoms with Crippen molar-refractivity contribution in [2.24, 2.45) is 0 Å². The molecule has 0 bridgehead atoms. The van der Waals surface area contributed by atoms with Gasteiger partial charge >= 0.3 is 0 Å². The van der Waals surface area contributed by atoms with Crippen LogP contribution in [0.15, 0.2) is 60.1 Å². The summed E-state index contributed by atoms with van der Waals surface area (Å²) in [5.74, 6) is -0.144. The molecule has 110 valence electrons. The summed E-state index contributed by atoms with van der Waals surface area (Å²) in [5.41, 5.74) is 2.44. The molecule has 0 aliphatic rings. The highest BCUT2D eigenvalue weighted by Gasteiger charge is 2.11. The van der Waals surface area contributed by atoms with Crippen molar-refractivity contribution in [3.05, 3.63) is 71.4 Å². The summed E-state index contributed by atoms with van der Waals surface area (Å²) in [6, 6.07) is 15.7. The summed E-state index contributed by atoms with van der Waals surface area (Å²) in [6.07, 6.45) is 2.53. The maximum atomic E-state index is 12.1. The second-order valence-corrected chi connectivity index (χ2v) is 5.60. The van der Waals surface area contributed by atoms with Gasteiger partial charge in [0.15, 0.2) is 0 Å². The SMILES string of the molecule is O=C(NCCc1ccccc1)c1csc(-c2ccccn2)n1. The predicted molar refractivity (Wildman–Crippen MR) is 87.8 cm³/mol. The Morgan fingerprint density at radius 2 is 1.91 bits per heavy atom. The summed E-state index contributed by atoms with van der Waals surface area (Å²) in [5, 5.41) is 5.42. The summed E-state index contributed by atoms with van der Waals surface area (Å²) in [6.45, 7) is 0.597. The first-order chi connectivity index (χ1) is 10.8. The van der Waals surface area contributed by atoms with Gasteiger partial charge in [0.05, 0.1) is 5.69 Å². The first-order valence-electron chi connectivity index (χ1n) is 7.02. The van der Waals surface area contributed by atoms with E-state index >= 15 is 0 Å². The van der Waals surface area contributed by atoms with Crippen LogP contribution in [0.25, 0.3) is 10.7 Å². The molecule has 0 saturated carbocycles. The molecule has 3 rings (SSSR count). The minimum atomic E-state index is -0.144. The maximum absolute atomic E-state index is 12.1. The number of nitrogens with one attached hydrogen (secondary N) is 1. The molecule has 3 aromatic rings. The zero-order valence-corrected chi connectivity index (χ0v) is 12.7. The lowest BCUT2D eigenvalue weighted by Crippen LogP contribution is -2.25. The molecular formula is C17H15N3OS. The molecule has 2 aromatic heterocycles. The number of hydrogen-bond acceptors (Lipinski definition) is 4. The Morgan fingerprint density at radius 1 is 1.09 bits per heavy atom. The number of carbonyl (C=O) groups excluding carboxylic acids is 1. The van der Waals surface area contributed by atoms with Crippen LogP contribution in [-0.2, 0) is 6.42 Å². The third-order valence-corrected chi connectivity index (χ3v) is 4.03. The Hall–Kier alpha value is -2.53. The minimum absolute atomic E-state index is 0.144. The molecule has 0 aliphatic carbocycles. The fraction of sp³-hybridized carbons (Fsp3) is 0.118. The second kappa shape index (κ2) is 6.95. The van der Waals surface area contributed by atoms with Crippen LogP contribution in [0.4, 0.5) is 0 Å². The molecule has 0 saturated heterocycles. The van der Waals surface area contributed by atoms with Crippen molar-refractivity contribution in [1.29, 1.82) is 0 Å². The molecule has 0 radical (unpaired) electrons. The Kier molecular flexibility index (Phi) is 4.56. The zero-order chi connectivity index (χ0) is 15.2. The molecule has 0 aliphatic heterocycles. The molecule has 5 heteroatoms. The van der Waals surface area contributed by atoms with Crippen molar-refractivity contribution >= 4 is 17.2 Å². The van der Waals surface area contributed by atoms with Gasteiger partial charge in [0.1, 0.15) is 10.7 Å². The van der Waals surface area contributed by atoms with Gasteiger partial charge in [-0.05, 0) is 24.1 Å². The van der Waals surface area contributed by atoms with E-state index in [2.05, 4.69) is 15.3 Å². The lowest BCUT2D eigenvalue weighted by atomic mass is 10.1. The van der Waals surface area contributed by atoms with Gasteiger partial charge in [-0.2, -0.15) is 0 Å². The highest BCUT2D eigenvalue weighted by Crippen LogP contribution is 2.21. The first kappa shape index (κ1) is 14.4. The number of pyridine rings is 1. The number of rotatable bonds is 5. The van der Waals surface area contributed by atoms with Crippen molar-refractivity contribution in [3.8, 4) is 10.7 Å². The number of thiazole rings is 1. The predicted octanol–water partition coefficient (Wildman–Crippen LogP) is 3.18. The normalized spacial score (nSPS) is 10.4. The molecule has 1 N–H and O–H groups in total. The summed E-state index contributed by atoms with van der Waals surface area (Å²) in [4.78, 5) is 20.7. The smallest absolute Gasteiger partial charge is 0.270 e. The van der Waals surface area contributed by atoms with Gasteiger partial charge < -0.3 is 5.32 Å². The van der Waals surface area contributed by atoms with E-state index in [1.807, 2.05) is 48.5 Å². The van der Waals surface area contributed by atoms with Crippen molar-refractivity contribution in [3.63, 3.8) is 0 Å². The highest BCUT2D eigenvalue weighted by atomic mass is 32.1. The van der Waals surface area contributed by atoms with Crippen LogP contribution in [0.5, 0.6) is 0 Å². The summed E-state index contributed by atoms with van der Waals surface area (Å²) >= 11 is 1.43. The highest BCUT2D eigenvalue weighted by molar-refractivity contribution is 7.13. The standard InChI is InChI=1S/C17H15N3OS/c21-16(19-11-9-13-6-2-1-3-7-13)15-12-22-17(20-15)14-8-4-5-10-18-14/h1-8,10,12H,9,11H2,(H,19,21). The van der Waals surface area contributed by atoms with Crippen LogP contribution in [0.2, 0.25) is 0 Å². The Morgan fingerprint density at radius 3 is 2.68 bits per heavy atom. The first-order valence-corrected chi connectivity index (χ1v) is 7.90. The van der Waals surface area contributed by atoms with E-state index in [1.54, 1.807) is 11.6 Å². The fourth-order valence-corrected chi connectivity index (χ4v) is 2.82. The monoisotopic (exact) mass is 309 g/mol. The lowest BCUT2D eigenvalue weighted by Gasteiger charge is -2.03. The third-order valence-electron chi connectivity index (χ3n) is 3.16. The summed E-state index contributed by atoms with van der Waals surface area (Å²) in [7, 11) is 0. The van der Waals surface area contributed by atoms with Crippen LogP contribution >= 0.6 is 11.3 Å². The molecule has 1 amide bonds. The largest absolute Gasteiger partial charge is 0.350 e. The second-order valence-electron chi connectivity index (χ2n) is 4.74. The average molecular weight is 309 g/mol. The number of amides is 1. The van der Waals surface area contributed by atoms with Crippen molar-refractivity contribution in [2.45, 2.75) is 6.42 Å². The van der Waals surface area contributed by atoms with Crippen molar-refractivity contribution in [1.82, 2.24) is 15.3 Å². The van der Waals surface area contributed by atoms with Gasteiger partial charge in [-0.1, -0.05) is 36.4 Å². The molecule has 2 heterocycles. The van der Waals surface area contributed by atoms with Gasteiger partial charge in [-0.25, -0.2) is 4.98 Å². The van der Waals surface area contributed by atoms with Gasteiger partial charge in [0, 0.05) is 18.1 Å². The van der Waals surface area contributed by atoms with Gasteiger partial charge in [-0.3, -0.25) is 9.78 Å². The van der Waals surface area contributed by atoms with Crippen LogP contribution in [0.1, 0.15) is 16.1 Å².